The first-order valence-electron chi connectivity index (χ1n) is 5.81. The van der Waals surface area contributed by atoms with E-state index in [2.05, 4.69) is 4.98 Å². The van der Waals surface area contributed by atoms with Crippen LogP contribution in [0.3, 0.4) is 0 Å². The Balaban J connectivity index is 2.32. The molecular formula is C14H11F4NO. The van der Waals surface area contributed by atoms with Gasteiger partial charge in [-0.1, -0.05) is 6.07 Å². The van der Waals surface area contributed by atoms with Crippen LogP contribution in [0.15, 0.2) is 42.7 Å². The number of alkyl halides is 3. The average molecular weight is 285 g/mol. The molecular weight excluding hydrogens is 274 g/mol. The van der Waals surface area contributed by atoms with Gasteiger partial charge in [0.15, 0.2) is 0 Å². The van der Waals surface area contributed by atoms with Crippen molar-refractivity contribution < 1.29 is 22.7 Å². The van der Waals surface area contributed by atoms with E-state index in [1.807, 2.05) is 0 Å². The highest BCUT2D eigenvalue weighted by Gasteiger charge is 2.35. The molecule has 2 nitrogen and oxygen atoms in total. The molecule has 0 radical (unpaired) electrons. The third kappa shape index (κ3) is 3.33. The number of aliphatic hydroxyl groups is 1. The van der Waals surface area contributed by atoms with Gasteiger partial charge in [-0.25, -0.2) is 4.39 Å². The van der Waals surface area contributed by atoms with E-state index in [9.17, 15) is 22.7 Å². The molecule has 0 saturated carbocycles. The van der Waals surface area contributed by atoms with Crippen molar-refractivity contribution in [1.82, 2.24) is 4.98 Å². The van der Waals surface area contributed by atoms with E-state index in [1.165, 1.54) is 12.4 Å². The van der Waals surface area contributed by atoms with Crippen molar-refractivity contribution >= 4 is 0 Å². The third-order valence-electron chi connectivity index (χ3n) is 2.86. The maximum Gasteiger partial charge on any atom is 0.416 e. The lowest BCUT2D eigenvalue weighted by molar-refractivity contribution is -0.139. The van der Waals surface area contributed by atoms with Crippen LogP contribution in [0.1, 0.15) is 22.8 Å². The zero-order valence-electron chi connectivity index (χ0n) is 10.2. The van der Waals surface area contributed by atoms with Crippen LogP contribution in [-0.4, -0.2) is 10.1 Å². The first-order valence-corrected chi connectivity index (χ1v) is 5.81. The fourth-order valence-electron chi connectivity index (χ4n) is 1.92. The molecule has 0 fully saturated rings. The number of aromatic nitrogens is 1. The van der Waals surface area contributed by atoms with Gasteiger partial charge in [0.2, 0.25) is 0 Å². The van der Waals surface area contributed by atoms with E-state index in [0.29, 0.717) is 11.6 Å². The summed E-state index contributed by atoms with van der Waals surface area (Å²) >= 11 is 0. The van der Waals surface area contributed by atoms with Gasteiger partial charge >= 0.3 is 6.18 Å². The van der Waals surface area contributed by atoms with Crippen LogP contribution in [0.25, 0.3) is 0 Å². The largest absolute Gasteiger partial charge is 0.416 e. The molecule has 1 unspecified atom stereocenters. The van der Waals surface area contributed by atoms with Crippen molar-refractivity contribution in [1.29, 1.82) is 0 Å². The number of aliphatic hydroxyl groups excluding tert-OH is 1. The van der Waals surface area contributed by atoms with Gasteiger partial charge in [0.1, 0.15) is 5.82 Å². The molecule has 1 heterocycles. The van der Waals surface area contributed by atoms with E-state index in [0.717, 1.165) is 12.1 Å². The smallest absolute Gasteiger partial charge is 0.388 e. The number of rotatable bonds is 3. The van der Waals surface area contributed by atoms with E-state index in [4.69, 9.17) is 0 Å². The minimum absolute atomic E-state index is 0.00275. The lowest BCUT2D eigenvalue weighted by Gasteiger charge is -2.17. The highest BCUT2D eigenvalue weighted by Crippen LogP contribution is 2.35. The van der Waals surface area contributed by atoms with E-state index in [-0.39, 0.29) is 12.0 Å². The number of benzene rings is 1. The van der Waals surface area contributed by atoms with E-state index >= 15 is 0 Å². The number of halogens is 4. The summed E-state index contributed by atoms with van der Waals surface area (Å²) in [5.74, 6) is -0.989. The van der Waals surface area contributed by atoms with E-state index < -0.39 is 23.7 Å². The summed E-state index contributed by atoms with van der Waals surface area (Å²) in [6, 6.07) is 5.45. The quantitative estimate of drug-likeness (QED) is 0.875. The second-order valence-electron chi connectivity index (χ2n) is 4.30. The highest BCUT2D eigenvalue weighted by atomic mass is 19.4. The second-order valence-corrected chi connectivity index (χ2v) is 4.30. The zero-order valence-corrected chi connectivity index (χ0v) is 10.2. The topological polar surface area (TPSA) is 33.1 Å². The lowest BCUT2D eigenvalue weighted by atomic mass is 9.97. The van der Waals surface area contributed by atoms with Crippen molar-refractivity contribution in [2.45, 2.75) is 18.7 Å². The summed E-state index contributed by atoms with van der Waals surface area (Å²) in [6.07, 6.45) is -3.11. The predicted molar refractivity (Wildman–Crippen MR) is 64.3 cm³/mol. The predicted octanol–water partition coefficient (Wildman–Crippen LogP) is 3.52. The fourth-order valence-corrected chi connectivity index (χ4v) is 1.92. The summed E-state index contributed by atoms with van der Waals surface area (Å²) < 4.78 is 51.5. The van der Waals surface area contributed by atoms with Crippen LogP contribution in [0, 0.1) is 5.82 Å². The Morgan fingerprint density at radius 1 is 1.10 bits per heavy atom. The molecule has 2 rings (SSSR count). The standard InChI is InChI=1S/C14H11F4NO/c15-10-1-2-11(12(8-10)14(16,17)18)13(20)7-9-3-5-19-6-4-9/h1-6,8,13,20H,7H2. The Bertz CT molecular complexity index is 583. The Hall–Kier alpha value is -1.95. The van der Waals surface area contributed by atoms with Crippen molar-refractivity contribution in [3.63, 3.8) is 0 Å². The molecule has 1 N–H and O–H groups in total. The molecule has 0 spiro atoms. The molecule has 0 saturated heterocycles. The first-order chi connectivity index (χ1) is 9.38. The van der Waals surface area contributed by atoms with Crippen LogP contribution >= 0.6 is 0 Å². The minimum atomic E-state index is -4.71. The van der Waals surface area contributed by atoms with Crippen molar-refractivity contribution in [2.24, 2.45) is 0 Å². The molecule has 0 aliphatic carbocycles. The number of nitrogens with zero attached hydrogens (tertiary/aromatic N) is 1. The molecule has 2 aromatic rings. The second kappa shape index (κ2) is 5.58. The molecule has 6 heteroatoms. The summed E-state index contributed by atoms with van der Waals surface area (Å²) in [7, 11) is 0. The maximum atomic E-state index is 13.0. The fraction of sp³-hybridized carbons (Fsp3) is 0.214. The van der Waals surface area contributed by atoms with Crippen LogP contribution in [-0.2, 0) is 12.6 Å². The maximum absolute atomic E-state index is 13.0. The van der Waals surface area contributed by atoms with Crippen molar-refractivity contribution in [2.75, 3.05) is 0 Å². The van der Waals surface area contributed by atoms with Crippen molar-refractivity contribution in [3.8, 4) is 0 Å². The monoisotopic (exact) mass is 285 g/mol. The van der Waals surface area contributed by atoms with Crippen LogP contribution in [0.2, 0.25) is 0 Å². The summed E-state index contributed by atoms with van der Waals surface area (Å²) in [6.45, 7) is 0. The SMILES string of the molecule is OC(Cc1ccncc1)c1ccc(F)cc1C(F)(F)F. The molecule has 0 aliphatic rings. The van der Waals surface area contributed by atoms with Crippen molar-refractivity contribution in [3.05, 3.63) is 65.2 Å². The lowest BCUT2D eigenvalue weighted by Crippen LogP contribution is -2.14. The highest BCUT2D eigenvalue weighted by molar-refractivity contribution is 5.33. The molecule has 1 aromatic carbocycles. The van der Waals surface area contributed by atoms with Gasteiger partial charge in [0.25, 0.3) is 0 Å². The molecule has 1 atom stereocenters. The molecule has 1 aromatic heterocycles. The summed E-state index contributed by atoms with van der Waals surface area (Å²) in [4.78, 5) is 3.78. The zero-order chi connectivity index (χ0) is 14.8. The molecule has 20 heavy (non-hydrogen) atoms. The third-order valence-corrected chi connectivity index (χ3v) is 2.86. The Labute approximate surface area is 112 Å². The number of hydrogen-bond acceptors (Lipinski definition) is 2. The van der Waals surface area contributed by atoms with Gasteiger partial charge in [-0.05, 0) is 35.4 Å². The van der Waals surface area contributed by atoms with Gasteiger partial charge in [-0.2, -0.15) is 13.2 Å². The van der Waals surface area contributed by atoms with Crippen LogP contribution in [0.4, 0.5) is 17.6 Å². The first kappa shape index (κ1) is 14.5. The van der Waals surface area contributed by atoms with Gasteiger partial charge in [-0.3, -0.25) is 4.98 Å². The molecule has 0 aliphatic heterocycles. The summed E-state index contributed by atoms with van der Waals surface area (Å²) in [5.41, 5.74) is -0.847. The number of pyridine rings is 1. The van der Waals surface area contributed by atoms with Crippen LogP contribution < -0.4 is 0 Å². The summed E-state index contributed by atoms with van der Waals surface area (Å²) in [5, 5.41) is 9.97. The van der Waals surface area contributed by atoms with Gasteiger partial charge in [-0.15, -0.1) is 0 Å². The van der Waals surface area contributed by atoms with Crippen LogP contribution in [0.5, 0.6) is 0 Å². The van der Waals surface area contributed by atoms with Gasteiger partial charge < -0.3 is 5.11 Å². The molecule has 0 amide bonds. The molecule has 0 bridgehead atoms. The number of hydrogen-bond donors (Lipinski definition) is 1. The van der Waals surface area contributed by atoms with Gasteiger partial charge in [0, 0.05) is 18.8 Å². The van der Waals surface area contributed by atoms with Gasteiger partial charge in [0.05, 0.1) is 11.7 Å². The Morgan fingerprint density at radius 3 is 2.35 bits per heavy atom. The Morgan fingerprint density at radius 2 is 1.75 bits per heavy atom. The molecule has 106 valence electrons. The Kier molecular flexibility index (Phi) is 4.04. The normalized spacial score (nSPS) is 13.2. The minimum Gasteiger partial charge on any atom is -0.388 e. The average Bonchev–Trinajstić information content (AvgIpc) is 2.38. The van der Waals surface area contributed by atoms with E-state index in [1.54, 1.807) is 12.1 Å².